The summed E-state index contributed by atoms with van der Waals surface area (Å²) in [5.41, 5.74) is -0.214. The molecule has 1 aromatic carbocycles. The Labute approximate surface area is 115 Å². The minimum Gasteiger partial charge on any atom is -0.497 e. The Morgan fingerprint density at radius 1 is 1.25 bits per heavy atom. The van der Waals surface area contributed by atoms with Crippen molar-refractivity contribution >= 4 is 5.78 Å². The van der Waals surface area contributed by atoms with E-state index in [9.17, 15) is 14.9 Å². The molecule has 0 radical (unpaired) electrons. The molecule has 1 saturated heterocycles. The average Bonchev–Trinajstić information content (AvgIpc) is 2.48. The molecule has 7 nitrogen and oxygen atoms in total. The summed E-state index contributed by atoms with van der Waals surface area (Å²) >= 11 is 0. The van der Waals surface area contributed by atoms with Crippen molar-refractivity contribution in [3.05, 3.63) is 51.5 Å². The fraction of sp³-hybridized carbons (Fsp3) is 0.308. The van der Waals surface area contributed by atoms with Crippen LogP contribution >= 0.6 is 0 Å². The van der Waals surface area contributed by atoms with Gasteiger partial charge >= 0.3 is 5.70 Å². The molecule has 0 bridgehead atoms. The predicted octanol–water partition coefficient (Wildman–Crippen LogP) is 0.907. The van der Waals surface area contributed by atoms with Gasteiger partial charge < -0.3 is 15.4 Å². The molecule has 20 heavy (non-hydrogen) atoms. The summed E-state index contributed by atoms with van der Waals surface area (Å²) in [6.45, 7) is 1.21. The third kappa shape index (κ3) is 2.87. The van der Waals surface area contributed by atoms with Crippen molar-refractivity contribution in [2.24, 2.45) is 0 Å². The zero-order valence-electron chi connectivity index (χ0n) is 11.0. The van der Waals surface area contributed by atoms with Crippen LogP contribution < -0.4 is 15.4 Å². The van der Waals surface area contributed by atoms with Crippen molar-refractivity contribution in [1.82, 2.24) is 10.6 Å². The van der Waals surface area contributed by atoms with E-state index in [-0.39, 0.29) is 11.4 Å². The van der Waals surface area contributed by atoms with Gasteiger partial charge in [0.15, 0.2) is 5.82 Å². The Morgan fingerprint density at radius 3 is 2.35 bits per heavy atom. The van der Waals surface area contributed by atoms with Crippen molar-refractivity contribution in [1.29, 1.82) is 0 Å². The van der Waals surface area contributed by atoms with E-state index in [1.807, 2.05) is 0 Å². The van der Waals surface area contributed by atoms with Gasteiger partial charge in [-0.1, -0.05) is 0 Å². The van der Waals surface area contributed by atoms with Gasteiger partial charge in [-0.05, 0) is 30.7 Å². The van der Waals surface area contributed by atoms with Gasteiger partial charge in [-0.25, -0.2) is 0 Å². The zero-order chi connectivity index (χ0) is 14.5. The number of methoxy groups -OCH3 is 1. The summed E-state index contributed by atoms with van der Waals surface area (Å²) in [6.07, 6.45) is 0.852. The number of rotatable bonds is 4. The maximum Gasteiger partial charge on any atom is 0.356 e. The van der Waals surface area contributed by atoms with Gasteiger partial charge in [-0.3, -0.25) is 14.9 Å². The Hall–Kier alpha value is -2.57. The summed E-state index contributed by atoms with van der Waals surface area (Å²) in [7, 11) is 1.51. The van der Waals surface area contributed by atoms with E-state index in [0.717, 1.165) is 6.42 Å². The monoisotopic (exact) mass is 277 g/mol. The SMILES string of the molecule is COc1ccc(C(=O)C(=C2NCCCN2)[N+](=O)[O-])cc1. The number of benzene rings is 1. The van der Waals surface area contributed by atoms with Gasteiger partial charge in [0, 0.05) is 18.7 Å². The van der Waals surface area contributed by atoms with Crippen LogP contribution in [0, 0.1) is 10.1 Å². The first-order valence-corrected chi connectivity index (χ1v) is 6.18. The number of allylic oxidation sites excluding steroid dienone is 1. The van der Waals surface area contributed by atoms with E-state index in [2.05, 4.69) is 10.6 Å². The molecule has 1 fully saturated rings. The van der Waals surface area contributed by atoms with Gasteiger partial charge in [-0.15, -0.1) is 0 Å². The van der Waals surface area contributed by atoms with Gasteiger partial charge in [0.1, 0.15) is 5.75 Å². The molecule has 106 valence electrons. The number of hydrogen-bond donors (Lipinski definition) is 2. The van der Waals surface area contributed by atoms with E-state index in [0.29, 0.717) is 18.8 Å². The van der Waals surface area contributed by atoms with E-state index in [1.54, 1.807) is 12.1 Å². The molecule has 0 atom stereocenters. The third-order valence-electron chi connectivity index (χ3n) is 2.94. The minimum absolute atomic E-state index is 0.182. The highest BCUT2D eigenvalue weighted by Gasteiger charge is 2.29. The van der Waals surface area contributed by atoms with Crippen molar-refractivity contribution in [3.8, 4) is 5.75 Å². The van der Waals surface area contributed by atoms with Crippen LogP contribution in [0.5, 0.6) is 5.75 Å². The number of nitro groups is 1. The molecule has 0 saturated carbocycles. The van der Waals surface area contributed by atoms with Crippen molar-refractivity contribution < 1.29 is 14.5 Å². The molecule has 0 amide bonds. The highest BCUT2D eigenvalue weighted by Crippen LogP contribution is 2.16. The normalized spacial score (nSPS) is 13.9. The van der Waals surface area contributed by atoms with E-state index >= 15 is 0 Å². The van der Waals surface area contributed by atoms with Crippen LogP contribution in [0.3, 0.4) is 0 Å². The average molecular weight is 277 g/mol. The second-order valence-corrected chi connectivity index (χ2v) is 4.25. The van der Waals surface area contributed by atoms with E-state index in [1.165, 1.54) is 19.2 Å². The predicted molar refractivity (Wildman–Crippen MR) is 72.0 cm³/mol. The molecule has 0 spiro atoms. The third-order valence-corrected chi connectivity index (χ3v) is 2.94. The summed E-state index contributed by atoms with van der Waals surface area (Å²) in [6, 6.07) is 6.20. The molecule has 7 heteroatoms. The maximum atomic E-state index is 12.3. The Bertz CT molecular complexity index is 543. The minimum atomic E-state index is -0.660. The van der Waals surface area contributed by atoms with Gasteiger partial charge in [0.2, 0.25) is 0 Å². The second-order valence-electron chi connectivity index (χ2n) is 4.25. The molecule has 1 heterocycles. The Morgan fingerprint density at radius 2 is 1.85 bits per heavy atom. The number of carbonyl (C=O) groups is 1. The van der Waals surface area contributed by atoms with Crippen molar-refractivity contribution in [3.63, 3.8) is 0 Å². The summed E-state index contributed by atoms with van der Waals surface area (Å²) in [4.78, 5) is 22.8. The van der Waals surface area contributed by atoms with Crippen LogP contribution in [0.1, 0.15) is 16.8 Å². The smallest absolute Gasteiger partial charge is 0.356 e. The van der Waals surface area contributed by atoms with Gasteiger partial charge in [0.05, 0.1) is 12.0 Å². The van der Waals surface area contributed by atoms with Gasteiger partial charge in [-0.2, -0.15) is 0 Å². The standard InChI is InChI=1S/C13H15N3O4/c1-20-10-5-3-9(4-6-10)12(17)11(16(18)19)13-14-7-2-8-15-13/h3-6,14-15H,2,7-8H2,1H3. The first kappa shape index (κ1) is 13.9. The lowest BCUT2D eigenvalue weighted by Crippen LogP contribution is -2.38. The van der Waals surface area contributed by atoms with Crippen LogP contribution in [-0.2, 0) is 0 Å². The highest BCUT2D eigenvalue weighted by molar-refractivity contribution is 6.07. The van der Waals surface area contributed by atoms with E-state index < -0.39 is 16.4 Å². The molecular formula is C13H15N3O4. The number of ketones is 1. The molecule has 1 aliphatic rings. The Kier molecular flexibility index (Phi) is 4.19. The van der Waals surface area contributed by atoms with Crippen LogP contribution in [0.15, 0.2) is 35.8 Å². The Balaban J connectivity index is 2.33. The number of nitrogens with zero attached hydrogens (tertiary/aromatic N) is 1. The van der Waals surface area contributed by atoms with Crippen molar-refractivity contribution in [2.75, 3.05) is 20.2 Å². The summed E-state index contributed by atoms with van der Waals surface area (Å²) in [5.74, 6) is 0.141. The molecule has 0 aliphatic carbocycles. The maximum absolute atomic E-state index is 12.3. The van der Waals surface area contributed by atoms with Crippen LogP contribution in [0.2, 0.25) is 0 Å². The number of Topliss-reactive ketones (excluding diaryl/α,β-unsaturated/α-hetero) is 1. The molecular weight excluding hydrogens is 262 g/mol. The molecule has 0 unspecified atom stereocenters. The fourth-order valence-corrected chi connectivity index (χ4v) is 1.91. The molecule has 1 aromatic rings. The van der Waals surface area contributed by atoms with Crippen molar-refractivity contribution in [2.45, 2.75) is 6.42 Å². The number of ether oxygens (including phenoxy) is 1. The highest BCUT2D eigenvalue weighted by atomic mass is 16.6. The van der Waals surface area contributed by atoms with Crippen LogP contribution in [-0.4, -0.2) is 30.9 Å². The number of carbonyl (C=O) groups excluding carboxylic acids is 1. The van der Waals surface area contributed by atoms with Crippen LogP contribution in [0.4, 0.5) is 0 Å². The lowest BCUT2D eigenvalue weighted by molar-refractivity contribution is -0.418. The van der Waals surface area contributed by atoms with E-state index in [4.69, 9.17) is 4.74 Å². The lowest BCUT2D eigenvalue weighted by Gasteiger charge is -2.18. The second kappa shape index (κ2) is 6.05. The lowest BCUT2D eigenvalue weighted by atomic mass is 10.1. The zero-order valence-corrected chi connectivity index (χ0v) is 11.0. The number of hydrogen-bond acceptors (Lipinski definition) is 6. The molecule has 2 rings (SSSR count). The fourth-order valence-electron chi connectivity index (χ4n) is 1.91. The molecule has 2 N–H and O–H groups in total. The molecule has 0 aromatic heterocycles. The quantitative estimate of drug-likeness (QED) is 0.368. The largest absolute Gasteiger partial charge is 0.497 e. The topological polar surface area (TPSA) is 93.5 Å². The number of nitrogens with one attached hydrogen (secondary N) is 2. The van der Waals surface area contributed by atoms with Crippen LogP contribution in [0.25, 0.3) is 0 Å². The summed E-state index contributed by atoms with van der Waals surface area (Å²) < 4.78 is 4.99. The first-order valence-electron chi connectivity index (χ1n) is 6.18. The summed E-state index contributed by atoms with van der Waals surface area (Å²) in [5, 5.41) is 16.9. The first-order chi connectivity index (χ1) is 9.63. The van der Waals surface area contributed by atoms with Gasteiger partial charge in [0.25, 0.3) is 5.78 Å². The molecule has 1 aliphatic heterocycles.